The van der Waals surface area contributed by atoms with Gasteiger partial charge in [0.25, 0.3) is 0 Å². The average molecular weight is 374 g/mol. The van der Waals surface area contributed by atoms with E-state index in [1.165, 1.54) is 17.8 Å². The third-order valence-electron chi connectivity index (χ3n) is 4.23. The predicted molar refractivity (Wildman–Crippen MR) is 91.1 cm³/mol. The number of rotatable bonds is 6. The van der Waals surface area contributed by atoms with Crippen LogP contribution in [0.25, 0.3) is 0 Å². The highest BCUT2D eigenvalue weighted by Gasteiger charge is 2.32. The second-order valence-corrected chi connectivity index (χ2v) is 7.18. The van der Waals surface area contributed by atoms with Crippen molar-refractivity contribution in [1.82, 2.24) is 10.2 Å². The molecule has 8 heteroatoms. The Morgan fingerprint density at radius 3 is 2.68 bits per heavy atom. The zero-order chi connectivity index (χ0) is 18.6. The lowest BCUT2D eigenvalue weighted by Crippen LogP contribution is -2.41. The van der Waals surface area contributed by atoms with Gasteiger partial charge in [-0.25, -0.2) is 0 Å². The number of hydrogen-bond acceptors (Lipinski definition) is 3. The van der Waals surface area contributed by atoms with Crippen molar-refractivity contribution in [3.8, 4) is 0 Å². The quantitative estimate of drug-likeness (QED) is 0.832. The van der Waals surface area contributed by atoms with Gasteiger partial charge in [-0.1, -0.05) is 12.1 Å². The molecule has 2 amide bonds. The summed E-state index contributed by atoms with van der Waals surface area (Å²) in [6.07, 6.45) is -1.51. The second kappa shape index (κ2) is 8.12. The summed E-state index contributed by atoms with van der Waals surface area (Å²) < 4.78 is 39.0. The molecule has 4 nitrogen and oxygen atoms in total. The lowest BCUT2D eigenvalue weighted by molar-refractivity contribution is -0.137. The summed E-state index contributed by atoms with van der Waals surface area (Å²) in [5.74, 6) is -0.300. The van der Waals surface area contributed by atoms with Crippen LogP contribution in [0.5, 0.6) is 0 Å². The number of benzene rings is 1. The van der Waals surface area contributed by atoms with Crippen LogP contribution < -0.4 is 5.32 Å². The fraction of sp³-hybridized carbons (Fsp3) is 0.529. The molecule has 1 aromatic rings. The Kier molecular flexibility index (Phi) is 6.37. The van der Waals surface area contributed by atoms with Crippen molar-refractivity contribution in [3.63, 3.8) is 0 Å². The number of carbonyl (C=O) groups is 2. The van der Waals surface area contributed by atoms with Gasteiger partial charge in [0.15, 0.2) is 0 Å². The molecule has 2 unspecified atom stereocenters. The monoisotopic (exact) mass is 374 g/mol. The zero-order valence-corrected chi connectivity index (χ0v) is 14.9. The van der Waals surface area contributed by atoms with Crippen LogP contribution in [-0.4, -0.2) is 41.3 Å². The molecule has 0 radical (unpaired) electrons. The third-order valence-corrected chi connectivity index (χ3v) is 5.15. The van der Waals surface area contributed by atoms with Gasteiger partial charge in [0, 0.05) is 19.5 Å². The van der Waals surface area contributed by atoms with E-state index in [0.29, 0.717) is 18.5 Å². The molecule has 1 heterocycles. The van der Waals surface area contributed by atoms with Crippen molar-refractivity contribution >= 4 is 23.6 Å². The minimum Gasteiger partial charge on any atom is -0.347 e. The van der Waals surface area contributed by atoms with Crippen molar-refractivity contribution in [3.05, 3.63) is 35.4 Å². The molecule has 0 aromatic heterocycles. The van der Waals surface area contributed by atoms with Gasteiger partial charge in [-0.2, -0.15) is 24.9 Å². The Morgan fingerprint density at radius 2 is 2.12 bits per heavy atom. The Balaban J connectivity index is 2.27. The smallest absolute Gasteiger partial charge is 0.347 e. The molecule has 138 valence electrons. The van der Waals surface area contributed by atoms with E-state index in [-0.39, 0.29) is 23.6 Å². The van der Waals surface area contributed by atoms with Gasteiger partial charge >= 0.3 is 6.18 Å². The van der Waals surface area contributed by atoms with Gasteiger partial charge in [-0.05, 0) is 37.3 Å². The summed E-state index contributed by atoms with van der Waals surface area (Å²) in [5, 5.41) is 2.46. The summed E-state index contributed by atoms with van der Waals surface area (Å²) in [7, 11) is 0. The fourth-order valence-electron chi connectivity index (χ4n) is 2.68. The first kappa shape index (κ1) is 19.6. The summed E-state index contributed by atoms with van der Waals surface area (Å²) in [6.45, 7) is 2.46. The molecule has 2 rings (SSSR count). The lowest BCUT2D eigenvalue weighted by Gasteiger charge is -2.26. The summed E-state index contributed by atoms with van der Waals surface area (Å²) >= 11 is 1.35. The van der Waals surface area contributed by atoms with E-state index in [0.717, 1.165) is 18.6 Å². The van der Waals surface area contributed by atoms with E-state index < -0.39 is 17.8 Å². The van der Waals surface area contributed by atoms with Crippen LogP contribution in [-0.2, 0) is 15.8 Å². The van der Waals surface area contributed by atoms with Crippen molar-refractivity contribution < 1.29 is 22.8 Å². The molecule has 1 aliphatic heterocycles. The van der Waals surface area contributed by atoms with Gasteiger partial charge in [0.2, 0.25) is 11.8 Å². The number of amides is 2. The van der Waals surface area contributed by atoms with E-state index >= 15 is 0 Å². The second-order valence-electron chi connectivity index (χ2n) is 6.01. The SMILES string of the molecule is CSC(C)C(=O)NC(CN1CCCC1=O)c1cccc(C(F)(F)F)c1. The van der Waals surface area contributed by atoms with Crippen molar-refractivity contribution in [2.45, 2.75) is 37.2 Å². The van der Waals surface area contributed by atoms with Crippen LogP contribution >= 0.6 is 11.8 Å². The number of alkyl halides is 3. The van der Waals surface area contributed by atoms with E-state index in [9.17, 15) is 22.8 Å². The van der Waals surface area contributed by atoms with Crippen LogP contribution in [0.15, 0.2) is 24.3 Å². The highest BCUT2D eigenvalue weighted by Crippen LogP contribution is 2.31. The zero-order valence-electron chi connectivity index (χ0n) is 14.1. The number of likely N-dealkylation sites (tertiary alicyclic amines) is 1. The molecule has 0 bridgehead atoms. The van der Waals surface area contributed by atoms with Crippen molar-refractivity contribution in [2.75, 3.05) is 19.3 Å². The van der Waals surface area contributed by atoms with E-state index in [2.05, 4.69) is 5.32 Å². The maximum absolute atomic E-state index is 13.0. The summed E-state index contributed by atoms with van der Waals surface area (Å²) in [6, 6.07) is 4.22. The van der Waals surface area contributed by atoms with Gasteiger partial charge < -0.3 is 10.2 Å². The summed E-state index contributed by atoms with van der Waals surface area (Å²) in [5.41, 5.74) is -0.425. The highest BCUT2D eigenvalue weighted by molar-refractivity contribution is 7.99. The normalized spacial score (nSPS) is 17.5. The molecule has 1 aliphatic rings. The number of thioether (sulfide) groups is 1. The number of hydrogen-bond donors (Lipinski definition) is 1. The van der Waals surface area contributed by atoms with Gasteiger partial charge in [0.05, 0.1) is 16.9 Å². The molecule has 1 saturated heterocycles. The van der Waals surface area contributed by atoms with Gasteiger partial charge in [-0.15, -0.1) is 0 Å². The van der Waals surface area contributed by atoms with Crippen LogP contribution in [0.4, 0.5) is 13.2 Å². The first-order valence-corrected chi connectivity index (χ1v) is 9.29. The van der Waals surface area contributed by atoms with Gasteiger partial charge in [0.1, 0.15) is 0 Å². The average Bonchev–Trinajstić information content (AvgIpc) is 2.97. The number of nitrogens with one attached hydrogen (secondary N) is 1. The molecular weight excluding hydrogens is 353 g/mol. The molecule has 25 heavy (non-hydrogen) atoms. The van der Waals surface area contributed by atoms with E-state index in [1.54, 1.807) is 24.1 Å². The fourth-order valence-corrected chi connectivity index (χ4v) is 2.96. The molecule has 1 aromatic carbocycles. The molecule has 1 N–H and O–H groups in total. The minimum atomic E-state index is -4.46. The van der Waals surface area contributed by atoms with Crippen LogP contribution in [0.2, 0.25) is 0 Å². The Bertz CT molecular complexity index is 637. The molecule has 0 aliphatic carbocycles. The topological polar surface area (TPSA) is 49.4 Å². The Hall–Kier alpha value is -1.70. The molecule has 0 saturated carbocycles. The molecule has 1 fully saturated rings. The van der Waals surface area contributed by atoms with Crippen LogP contribution in [0, 0.1) is 0 Å². The lowest BCUT2D eigenvalue weighted by atomic mass is 10.0. The maximum Gasteiger partial charge on any atom is 0.416 e. The third kappa shape index (κ3) is 5.14. The van der Waals surface area contributed by atoms with Crippen LogP contribution in [0.1, 0.15) is 36.9 Å². The molecule has 0 spiro atoms. The van der Waals surface area contributed by atoms with Gasteiger partial charge in [-0.3, -0.25) is 9.59 Å². The van der Waals surface area contributed by atoms with Crippen molar-refractivity contribution in [1.29, 1.82) is 0 Å². The number of halogens is 3. The first-order chi connectivity index (χ1) is 11.7. The Morgan fingerprint density at radius 1 is 1.40 bits per heavy atom. The van der Waals surface area contributed by atoms with Crippen molar-refractivity contribution in [2.24, 2.45) is 0 Å². The molecular formula is C17H21F3N2O2S. The molecule has 2 atom stereocenters. The number of carbonyl (C=O) groups excluding carboxylic acids is 2. The Labute approximate surface area is 149 Å². The van der Waals surface area contributed by atoms with E-state index in [1.807, 2.05) is 0 Å². The standard InChI is InChI=1S/C17H21F3N2O2S/c1-11(25-2)16(24)21-14(10-22-8-4-7-15(22)23)12-5-3-6-13(9-12)17(18,19)20/h3,5-6,9,11,14H,4,7-8,10H2,1-2H3,(H,21,24). The van der Waals surface area contributed by atoms with Crippen LogP contribution in [0.3, 0.4) is 0 Å². The first-order valence-electron chi connectivity index (χ1n) is 8.00. The largest absolute Gasteiger partial charge is 0.416 e. The number of nitrogens with zero attached hydrogens (tertiary/aromatic N) is 1. The minimum absolute atomic E-state index is 0.0378. The highest BCUT2D eigenvalue weighted by atomic mass is 32.2. The predicted octanol–water partition coefficient (Wildman–Crippen LogP) is 3.24. The van der Waals surface area contributed by atoms with E-state index in [4.69, 9.17) is 0 Å². The maximum atomic E-state index is 13.0. The summed E-state index contributed by atoms with van der Waals surface area (Å²) in [4.78, 5) is 25.7.